The Labute approximate surface area is 113 Å². The molecule has 1 aliphatic heterocycles. The maximum Gasteiger partial charge on any atom is 0.336 e. The zero-order valence-electron chi connectivity index (χ0n) is 9.86. The van der Waals surface area contributed by atoms with Crippen molar-refractivity contribution < 1.29 is 14.6 Å². The van der Waals surface area contributed by atoms with Gasteiger partial charge in [0, 0.05) is 11.1 Å². The van der Waals surface area contributed by atoms with Crippen molar-refractivity contribution in [2.75, 3.05) is 13.2 Å². The molecule has 1 fully saturated rings. The summed E-state index contributed by atoms with van der Waals surface area (Å²) in [6.45, 7) is 2.75. The van der Waals surface area contributed by atoms with Crippen LogP contribution in [0.3, 0.4) is 0 Å². The number of rotatable bonds is 2. The Morgan fingerprint density at radius 3 is 2.83 bits per heavy atom. The molecule has 2 rings (SSSR count). The van der Waals surface area contributed by atoms with E-state index in [2.05, 4.69) is 22.0 Å². The van der Waals surface area contributed by atoms with Crippen molar-refractivity contribution in [3.05, 3.63) is 33.3 Å². The second-order valence-corrected chi connectivity index (χ2v) is 5.19. The van der Waals surface area contributed by atoms with E-state index < -0.39 is 11.4 Å². The van der Waals surface area contributed by atoms with Crippen molar-refractivity contribution in [1.82, 2.24) is 0 Å². The van der Waals surface area contributed by atoms with E-state index >= 15 is 0 Å². The van der Waals surface area contributed by atoms with Gasteiger partial charge in [-0.25, -0.2) is 4.79 Å². The van der Waals surface area contributed by atoms with Gasteiger partial charge in [-0.05, 0) is 46.5 Å². The molecule has 18 heavy (non-hydrogen) atoms. The number of hydrogen-bond acceptors (Lipinski definition) is 3. The van der Waals surface area contributed by atoms with Gasteiger partial charge in [0.2, 0.25) is 0 Å². The van der Waals surface area contributed by atoms with Crippen LogP contribution in [-0.4, -0.2) is 24.3 Å². The first-order valence-electron chi connectivity index (χ1n) is 5.54. The third-order valence-electron chi connectivity index (χ3n) is 3.37. The van der Waals surface area contributed by atoms with Gasteiger partial charge in [-0.15, -0.1) is 0 Å². The van der Waals surface area contributed by atoms with Crippen LogP contribution in [0.25, 0.3) is 0 Å². The maximum absolute atomic E-state index is 11.0. The van der Waals surface area contributed by atoms with E-state index in [1.165, 1.54) is 6.07 Å². The van der Waals surface area contributed by atoms with Crippen molar-refractivity contribution in [3.63, 3.8) is 0 Å². The first-order chi connectivity index (χ1) is 8.52. The summed E-state index contributed by atoms with van der Waals surface area (Å²) in [5, 5.41) is 18.5. The van der Waals surface area contributed by atoms with Crippen LogP contribution in [0.4, 0.5) is 0 Å². The molecule has 94 valence electrons. The largest absolute Gasteiger partial charge is 0.478 e. The highest BCUT2D eigenvalue weighted by Gasteiger charge is 2.38. The molecule has 1 unspecified atom stereocenters. The molecule has 0 radical (unpaired) electrons. The summed E-state index contributed by atoms with van der Waals surface area (Å²) in [6, 6.07) is 5.57. The minimum absolute atomic E-state index is 0.211. The molecule has 0 amide bonds. The van der Waals surface area contributed by atoms with Crippen LogP contribution in [0.15, 0.2) is 16.6 Å². The lowest BCUT2D eigenvalue weighted by molar-refractivity contribution is 0.0695. The van der Waals surface area contributed by atoms with Crippen LogP contribution in [0.5, 0.6) is 0 Å². The van der Waals surface area contributed by atoms with Crippen LogP contribution in [-0.2, 0) is 10.2 Å². The van der Waals surface area contributed by atoms with Gasteiger partial charge in [0.1, 0.15) is 5.41 Å². The van der Waals surface area contributed by atoms with Crippen molar-refractivity contribution in [3.8, 4) is 6.07 Å². The van der Waals surface area contributed by atoms with Gasteiger partial charge in [0.05, 0.1) is 18.2 Å². The number of ether oxygens (including phenoxy) is 1. The number of benzene rings is 1. The highest BCUT2D eigenvalue weighted by molar-refractivity contribution is 9.10. The third kappa shape index (κ3) is 1.92. The van der Waals surface area contributed by atoms with Crippen molar-refractivity contribution in [2.24, 2.45) is 0 Å². The number of nitriles is 1. The van der Waals surface area contributed by atoms with Gasteiger partial charge in [0.25, 0.3) is 0 Å². The molecule has 0 saturated carbocycles. The van der Waals surface area contributed by atoms with E-state index in [9.17, 15) is 10.1 Å². The minimum Gasteiger partial charge on any atom is -0.478 e. The summed E-state index contributed by atoms with van der Waals surface area (Å²) in [5.74, 6) is -0.981. The highest BCUT2D eigenvalue weighted by atomic mass is 79.9. The fourth-order valence-electron chi connectivity index (χ4n) is 2.29. The topological polar surface area (TPSA) is 70.3 Å². The molecule has 0 bridgehead atoms. The van der Waals surface area contributed by atoms with E-state index in [1.807, 2.05) is 6.92 Å². The average Bonchev–Trinajstić information content (AvgIpc) is 2.82. The van der Waals surface area contributed by atoms with E-state index in [-0.39, 0.29) is 5.56 Å². The quantitative estimate of drug-likeness (QED) is 0.911. The van der Waals surface area contributed by atoms with E-state index in [4.69, 9.17) is 9.84 Å². The molecule has 0 spiro atoms. The lowest BCUT2D eigenvalue weighted by Gasteiger charge is -2.22. The molecule has 0 aromatic heterocycles. The number of carboxylic acids is 1. The van der Waals surface area contributed by atoms with Crippen LogP contribution < -0.4 is 0 Å². The van der Waals surface area contributed by atoms with Crippen LogP contribution in [0.1, 0.15) is 27.9 Å². The smallest absolute Gasteiger partial charge is 0.336 e. The van der Waals surface area contributed by atoms with Crippen molar-refractivity contribution in [1.29, 1.82) is 5.26 Å². The van der Waals surface area contributed by atoms with Crippen LogP contribution >= 0.6 is 15.9 Å². The summed E-state index contributed by atoms with van der Waals surface area (Å²) in [4.78, 5) is 11.0. The Kier molecular flexibility index (Phi) is 3.42. The lowest BCUT2D eigenvalue weighted by Crippen LogP contribution is -2.25. The Morgan fingerprint density at radius 2 is 2.33 bits per heavy atom. The number of halogens is 1. The zero-order valence-corrected chi connectivity index (χ0v) is 11.5. The molecule has 1 atom stereocenters. The molecular weight excluding hydrogens is 298 g/mol. The standard InChI is InChI=1S/C13H12BrNO3/c1-8-10(13(6-15)4-5-18-7-13)3-2-9(11(8)14)12(16)17/h2-3H,4-5,7H2,1H3,(H,16,17). The number of carbonyl (C=O) groups is 1. The molecule has 1 N–H and O–H groups in total. The number of nitrogens with zero attached hydrogens (tertiary/aromatic N) is 1. The second kappa shape index (κ2) is 4.71. The SMILES string of the molecule is Cc1c(C2(C#N)CCOC2)ccc(C(=O)O)c1Br. The monoisotopic (exact) mass is 309 g/mol. The fourth-order valence-corrected chi connectivity index (χ4v) is 2.81. The molecule has 4 nitrogen and oxygen atoms in total. The Balaban J connectivity index is 2.57. The first-order valence-corrected chi connectivity index (χ1v) is 6.33. The zero-order chi connectivity index (χ0) is 13.3. The van der Waals surface area contributed by atoms with Gasteiger partial charge in [-0.3, -0.25) is 0 Å². The maximum atomic E-state index is 11.0. The third-order valence-corrected chi connectivity index (χ3v) is 4.39. The Bertz CT molecular complexity index is 542. The molecular formula is C13H12BrNO3. The molecule has 5 heteroatoms. The van der Waals surface area contributed by atoms with E-state index in [0.717, 1.165) is 11.1 Å². The van der Waals surface area contributed by atoms with Gasteiger partial charge in [-0.2, -0.15) is 5.26 Å². The summed E-state index contributed by atoms with van der Waals surface area (Å²) in [7, 11) is 0. The second-order valence-electron chi connectivity index (χ2n) is 4.40. The van der Waals surface area contributed by atoms with Gasteiger partial charge < -0.3 is 9.84 Å². The summed E-state index contributed by atoms with van der Waals surface area (Å²) < 4.78 is 5.86. The predicted molar refractivity (Wildman–Crippen MR) is 68.6 cm³/mol. The van der Waals surface area contributed by atoms with Crippen molar-refractivity contribution in [2.45, 2.75) is 18.8 Å². The van der Waals surface area contributed by atoms with Gasteiger partial charge in [-0.1, -0.05) is 6.07 Å². The van der Waals surface area contributed by atoms with E-state index in [1.54, 1.807) is 6.07 Å². The fraction of sp³-hybridized carbons (Fsp3) is 0.385. The Hall–Kier alpha value is -1.38. The highest BCUT2D eigenvalue weighted by Crippen LogP contribution is 2.37. The minimum atomic E-state index is -0.981. The number of aromatic carboxylic acids is 1. The summed E-state index contributed by atoms with van der Waals surface area (Å²) in [6.07, 6.45) is 0.642. The molecule has 1 aliphatic rings. The average molecular weight is 310 g/mol. The van der Waals surface area contributed by atoms with E-state index in [0.29, 0.717) is 24.1 Å². The number of hydrogen-bond donors (Lipinski definition) is 1. The van der Waals surface area contributed by atoms with Gasteiger partial charge in [0.15, 0.2) is 0 Å². The molecule has 1 aromatic rings. The van der Waals surface area contributed by atoms with Gasteiger partial charge >= 0.3 is 5.97 Å². The lowest BCUT2D eigenvalue weighted by atomic mass is 9.79. The molecule has 1 aromatic carbocycles. The van der Waals surface area contributed by atoms with Crippen molar-refractivity contribution >= 4 is 21.9 Å². The predicted octanol–water partition coefficient (Wildman–Crippen LogP) is 2.64. The van der Waals surface area contributed by atoms with Crippen LogP contribution in [0.2, 0.25) is 0 Å². The normalized spacial score (nSPS) is 22.7. The molecule has 1 saturated heterocycles. The summed E-state index contributed by atoms with van der Waals surface area (Å²) in [5.41, 5.74) is 1.20. The summed E-state index contributed by atoms with van der Waals surface area (Å²) >= 11 is 3.30. The molecule has 1 heterocycles. The molecule has 0 aliphatic carbocycles. The Morgan fingerprint density at radius 1 is 1.61 bits per heavy atom. The first kappa shape index (κ1) is 13.1. The van der Waals surface area contributed by atoms with Crippen LogP contribution in [0, 0.1) is 18.3 Å². The number of carboxylic acid groups (broad SMARTS) is 1.